The number of halogens is 1. The van der Waals surface area contributed by atoms with Crippen LogP contribution in [-0.2, 0) is 6.54 Å². The van der Waals surface area contributed by atoms with Crippen LogP contribution in [-0.4, -0.2) is 4.98 Å². The van der Waals surface area contributed by atoms with Gasteiger partial charge in [-0.1, -0.05) is 22.0 Å². The van der Waals surface area contributed by atoms with Gasteiger partial charge in [-0.05, 0) is 61.4 Å². The molecule has 1 radical (unpaired) electrons. The van der Waals surface area contributed by atoms with Gasteiger partial charge in [-0.2, -0.15) is 0 Å². The normalized spacial score (nSPS) is 10.9. The van der Waals surface area contributed by atoms with E-state index in [4.69, 9.17) is 5.73 Å². The highest BCUT2D eigenvalue weighted by molar-refractivity contribution is 9.10. The lowest BCUT2D eigenvalue weighted by atomic mass is 10.1. The van der Waals surface area contributed by atoms with Crippen molar-refractivity contribution in [2.24, 2.45) is 0 Å². The van der Waals surface area contributed by atoms with Gasteiger partial charge in [0.15, 0.2) is 0 Å². The van der Waals surface area contributed by atoms with Crippen molar-refractivity contribution in [3.63, 3.8) is 0 Å². The van der Waals surface area contributed by atoms with Crippen molar-refractivity contribution in [3.05, 3.63) is 70.7 Å². The molecule has 22 heavy (non-hydrogen) atoms. The number of fused-ring (bicyclic) bond motifs is 1. The average Bonchev–Trinajstić information content (AvgIpc) is 2.44. The number of nitrogen functional groups attached to an aromatic ring is 1. The van der Waals surface area contributed by atoms with Crippen molar-refractivity contribution < 1.29 is 0 Å². The maximum Gasteiger partial charge on any atom is 0.0727 e. The lowest BCUT2D eigenvalue weighted by Gasteiger charge is -2.10. The van der Waals surface area contributed by atoms with E-state index in [0.29, 0.717) is 0 Å². The summed E-state index contributed by atoms with van der Waals surface area (Å²) in [6, 6.07) is 14.1. The van der Waals surface area contributed by atoms with E-state index in [2.05, 4.69) is 45.3 Å². The highest BCUT2D eigenvalue weighted by atomic mass is 79.9. The van der Waals surface area contributed by atoms with E-state index in [0.717, 1.165) is 44.6 Å². The summed E-state index contributed by atoms with van der Waals surface area (Å²) in [6.07, 6.45) is 0. The van der Waals surface area contributed by atoms with E-state index < -0.39 is 0 Å². The van der Waals surface area contributed by atoms with Gasteiger partial charge in [-0.15, -0.1) is 0 Å². The molecule has 3 N–H and O–H groups in total. The van der Waals surface area contributed by atoms with Gasteiger partial charge >= 0.3 is 0 Å². The first kappa shape index (κ1) is 14.9. The lowest BCUT2D eigenvalue weighted by Crippen LogP contribution is -2.00. The van der Waals surface area contributed by atoms with E-state index >= 15 is 0 Å². The summed E-state index contributed by atoms with van der Waals surface area (Å²) in [7, 11) is 0. The number of anilines is 2. The van der Waals surface area contributed by atoms with Gasteiger partial charge in [0.2, 0.25) is 0 Å². The first-order valence-electron chi connectivity index (χ1n) is 7.03. The Labute approximate surface area is 138 Å². The van der Waals surface area contributed by atoms with Gasteiger partial charge in [0.1, 0.15) is 0 Å². The van der Waals surface area contributed by atoms with Crippen LogP contribution in [0.4, 0.5) is 11.4 Å². The number of hydrogen-bond acceptors (Lipinski definition) is 3. The highest BCUT2D eigenvalue weighted by Gasteiger charge is 2.03. The summed E-state index contributed by atoms with van der Waals surface area (Å²) in [6.45, 7) is 6.65. The predicted molar refractivity (Wildman–Crippen MR) is 96.8 cm³/mol. The smallest absolute Gasteiger partial charge is 0.0727 e. The first-order chi connectivity index (χ1) is 10.5. The quantitative estimate of drug-likeness (QED) is 0.717. The predicted octanol–water partition coefficient (Wildman–Crippen LogP) is 4.68. The number of pyridine rings is 1. The molecular weight excluding hydrogens is 338 g/mol. The molecule has 0 atom stereocenters. The molecule has 0 aliphatic carbocycles. The lowest BCUT2D eigenvalue weighted by molar-refractivity contribution is 1.14. The number of aryl methyl sites for hydroxylation is 1. The Morgan fingerprint density at radius 1 is 1.18 bits per heavy atom. The van der Waals surface area contributed by atoms with Gasteiger partial charge < -0.3 is 11.1 Å². The maximum atomic E-state index is 6.09. The molecule has 0 aliphatic rings. The molecule has 0 bridgehead atoms. The van der Waals surface area contributed by atoms with Crippen LogP contribution in [0.3, 0.4) is 0 Å². The van der Waals surface area contributed by atoms with Crippen molar-refractivity contribution in [2.45, 2.75) is 13.5 Å². The summed E-state index contributed by atoms with van der Waals surface area (Å²) >= 11 is 3.50. The molecule has 0 aliphatic heterocycles. The topological polar surface area (TPSA) is 50.9 Å². The summed E-state index contributed by atoms with van der Waals surface area (Å²) in [4.78, 5) is 4.50. The van der Waals surface area contributed by atoms with E-state index in [1.165, 1.54) is 5.56 Å². The zero-order valence-corrected chi connectivity index (χ0v) is 13.9. The monoisotopic (exact) mass is 354 g/mol. The van der Waals surface area contributed by atoms with Gasteiger partial charge in [0, 0.05) is 33.5 Å². The summed E-state index contributed by atoms with van der Waals surface area (Å²) in [5.41, 5.74) is 11.9. The van der Waals surface area contributed by atoms with E-state index in [1.54, 1.807) is 0 Å². The number of aromatic nitrogens is 1. The first-order valence-corrected chi connectivity index (χ1v) is 7.83. The zero-order chi connectivity index (χ0) is 15.7. The molecule has 1 aromatic heterocycles. The van der Waals surface area contributed by atoms with Crippen LogP contribution in [0.25, 0.3) is 10.9 Å². The SMILES string of the molecule is [CH2]c1cc(Br)cc(CNc2ccc3nc(C)cc(N)c3c2)c1. The fourth-order valence-corrected chi connectivity index (χ4v) is 3.11. The minimum Gasteiger partial charge on any atom is -0.398 e. The van der Waals surface area contributed by atoms with Crippen LogP contribution in [0.2, 0.25) is 0 Å². The molecule has 0 saturated carbocycles. The van der Waals surface area contributed by atoms with Crippen molar-refractivity contribution in [2.75, 3.05) is 11.1 Å². The summed E-state index contributed by atoms with van der Waals surface area (Å²) in [5, 5.41) is 4.39. The van der Waals surface area contributed by atoms with Crippen LogP contribution < -0.4 is 11.1 Å². The molecule has 4 heteroatoms. The third-order valence-electron chi connectivity index (χ3n) is 3.48. The molecule has 2 aromatic carbocycles. The highest BCUT2D eigenvalue weighted by Crippen LogP contribution is 2.24. The fraction of sp³-hybridized carbons (Fsp3) is 0.111. The molecule has 3 rings (SSSR count). The summed E-state index contributed by atoms with van der Waals surface area (Å²) < 4.78 is 1.04. The second-order valence-electron chi connectivity index (χ2n) is 5.41. The molecule has 3 nitrogen and oxygen atoms in total. The van der Waals surface area contributed by atoms with E-state index in [9.17, 15) is 0 Å². The largest absolute Gasteiger partial charge is 0.398 e. The molecule has 111 valence electrons. The second kappa shape index (κ2) is 5.97. The number of nitrogens with two attached hydrogens (primary N) is 1. The minimum absolute atomic E-state index is 0.729. The van der Waals surface area contributed by atoms with E-state index in [1.807, 2.05) is 37.3 Å². The second-order valence-corrected chi connectivity index (χ2v) is 6.32. The Bertz CT molecular complexity index is 823. The third-order valence-corrected chi connectivity index (χ3v) is 3.94. The third kappa shape index (κ3) is 3.22. The molecule has 0 saturated heterocycles. The van der Waals surface area contributed by atoms with Crippen molar-refractivity contribution >= 4 is 38.2 Å². The Hall–Kier alpha value is -2.07. The number of nitrogens with zero attached hydrogens (tertiary/aromatic N) is 1. The summed E-state index contributed by atoms with van der Waals surface area (Å²) in [5.74, 6) is 0. The van der Waals surface area contributed by atoms with E-state index in [-0.39, 0.29) is 0 Å². The Balaban J connectivity index is 1.85. The number of nitrogens with one attached hydrogen (secondary N) is 1. The van der Waals surface area contributed by atoms with Gasteiger partial charge in [0.05, 0.1) is 5.52 Å². The Morgan fingerprint density at radius 3 is 2.77 bits per heavy atom. The number of benzene rings is 2. The van der Waals surface area contributed by atoms with Crippen LogP contribution >= 0.6 is 15.9 Å². The molecule has 0 amide bonds. The average molecular weight is 355 g/mol. The van der Waals surface area contributed by atoms with Gasteiger partial charge in [0.25, 0.3) is 0 Å². The van der Waals surface area contributed by atoms with Crippen molar-refractivity contribution in [1.29, 1.82) is 0 Å². The fourth-order valence-electron chi connectivity index (χ4n) is 2.52. The standard InChI is InChI=1S/C18H17BrN3/c1-11-5-13(8-14(19)6-11)10-21-15-3-4-18-16(9-15)17(20)7-12(2)22-18/h3-9,21H,1,10H2,2H3,(H2,20,22). The van der Waals surface area contributed by atoms with Gasteiger partial charge in [-0.25, -0.2) is 0 Å². The zero-order valence-electron chi connectivity index (χ0n) is 12.4. The van der Waals surface area contributed by atoms with Crippen LogP contribution in [0.1, 0.15) is 16.8 Å². The van der Waals surface area contributed by atoms with Gasteiger partial charge in [-0.3, -0.25) is 4.98 Å². The van der Waals surface area contributed by atoms with Crippen LogP contribution in [0.5, 0.6) is 0 Å². The number of hydrogen-bond donors (Lipinski definition) is 2. The van der Waals surface area contributed by atoms with Crippen LogP contribution in [0, 0.1) is 13.8 Å². The Kier molecular flexibility index (Phi) is 4.03. The van der Waals surface area contributed by atoms with Crippen molar-refractivity contribution in [1.82, 2.24) is 4.98 Å². The van der Waals surface area contributed by atoms with Crippen molar-refractivity contribution in [3.8, 4) is 0 Å². The minimum atomic E-state index is 0.729. The Morgan fingerprint density at radius 2 is 2.00 bits per heavy atom. The molecule has 0 fully saturated rings. The number of rotatable bonds is 3. The molecule has 0 spiro atoms. The molecule has 3 aromatic rings. The molecule has 1 heterocycles. The molecule has 0 unspecified atom stereocenters. The van der Waals surface area contributed by atoms with Crippen LogP contribution in [0.15, 0.2) is 46.9 Å². The molecular formula is C18H17BrN3. The maximum absolute atomic E-state index is 6.09.